The van der Waals surface area contributed by atoms with Crippen LogP contribution >= 0.6 is 0 Å². The molecule has 0 amide bonds. The van der Waals surface area contributed by atoms with Gasteiger partial charge in [-0.2, -0.15) is 0 Å². The van der Waals surface area contributed by atoms with Crippen LogP contribution in [-0.2, 0) is 0 Å². The van der Waals surface area contributed by atoms with Crippen LogP contribution in [0.4, 0.5) is 17.2 Å². The lowest BCUT2D eigenvalue weighted by molar-refractivity contribution is 0.312. The molecule has 8 heteroatoms. The Morgan fingerprint density at radius 1 is 1.21 bits per heavy atom. The second-order valence-corrected chi connectivity index (χ2v) is 7.64. The van der Waals surface area contributed by atoms with Gasteiger partial charge in [-0.05, 0) is 37.7 Å². The minimum absolute atomic E-state index is 0.00748. The first-order valence-electron chi connectivity index (χ1n) is 9.85. The number of hydrogen-bond acceptors (Lipinski definition) is 6. The van der Waals surface area contributed by atoms with Crippen molar-refractivity contribution in [2.24, 2.45) is 15.7 Å². The third kappa shape index (κ3) is 4.89. The van der Waals surface area contributed by atoms with Gasteiger partial charge in [0.25, 0.3) is 5.56 Å². The van der Waals surface area contributed by atoms with Gasteiger partial charge in [0.15, 0.2) is 5.82 Å². The molecule has 3 N–H and O–H groups in total. The molecule has 0 spiro atoms. The Hall–Kier alpha value is -3.00. The van der Waals surface area contributed by atoms with Crippen molar-refractivity contribution >= 4 is 29.7 Å². The van der Waals surface area contributed by atoms with E-state index in [2.05, 4.69) is 55.9 Å². The van der Waals surface area contributed by atoms with Crippen LogP contribution in [0.3, 0.4) is 0 Å². The number of aryl methyl sites for hydroxylation is 1. The molecule has 29 heavy (non-hydrogen) atoms. The van der Waals surface area contributed by atoms with Crippen LogP contribution in [0.25, 0.3) is 0 Å². The van der Waals surface area contributed by atoms with Crippen LogP contribution in [0.5, 0.6) is 0 Å². The van der Waals surface area contributed by atoms with E-state index in [4.69, 9.17) is 5.73 Å². The van der Waals surface area contributed by atoms with Crippen molar-refractivity contribution in [3.8, 4) is 0 Å². The summed E-state index contributed by atoms with van der Waals surface area (Å²) in [5.74, 6) is 0.295. The zero-order valence-electron chi connectivity index (χ0n) is 17.5. The van der Waals surface area contributed by atoms with Gasteiger partial charge in [0, 0.05) is 37.8 Å². The summed E-state index contributed by atoms with van der Waals surface area (Å²) < 4.78 is 0. The van der Waals surface area contributed by atoms with E-state index in [1.807, 2.05) is 19.9 Å². The standard InChI is InChI=1S/C21H29N7O/c1-14(2)19-21(29)26-20(24-13-22)17(25-19)12-23-16-5-6-18(15(3)11-16)28-9-7-27(4)8-10-28/h5-6,11-14H,7-10H2,1-4H3,(H3,22,24,26,29). The fourth-order valence-corrected chi connectivity index (χ4v) is 3.38. The minimum Gasteiger partial charge on any atom is -0.390 e. The monoisotopic (exact) mass is 395 g/mol. The van der Waals surface area contributed by atoms with Crippen molar-refractivity contribution in [1.29, 1.82) is 0 Å². The summed E-state index contributed by atoms with van der Waals surface area (Å²) in [6.07, 6.45) is 2.75. The number of nitrogens with zero attached hydrogens (tertiary/aromatic N) is 5. The first-order chi connectivity index (χ1) is 13.9. The van der Waals surface area contributed by atoms with Gasteiger partial charge in [-0.1, -0.05) is 13.8 Å². The Kier molecular flexibility index (Phi) is 6.43. The molecule has 1 aromatic carbocycles. The van der Waals surface area contributed by atoms with Gasteiger partial charge < -0.3 is 20.5 Å². The zero-order valence-corrected chi connectivity index (χ0v) is 17.5. The van der Waals surface area contributed by atoms with Crippen molar-refractivity contribution in [2.45, 2.75) is 26.7 Å². The predicted molar refractivity (Wildman–Crippen MR) is 119 cm³/mol. The largest absolute Gasteiger partial charge is 0.390 e. The lowest BCUT2D eigenvalue weighted by Gasteiger charge is -2.35. The highest BCUT2D eigenvalue weighted by Gasteiger charge is 2.16. The number of H-pyrrole nitrogens is 1. The van der Waals surface area contributed by atoms with Crippen LogP contribution in [0, 0.1) is 6.92 Å². The van der Waals surface area contributed by atoms with E-state index in [0.29, 0.717) is 17.2 Å². The fraction of sp³-hybridized carbons (Fsp3) is 0.429. The number of benzene rings is 1. The molecule has 1 saturated heterocycles. The van der Waals surface area contributed by atoms with E-state index in [0.717, 1.165) is 38.2 Å². The smallest absolute Gasteiger partial charge is 0.271 e. The van der Waals surface area contributed by atoms with Crippen molar-refractivity contribution in [3.63, 3.8) is 0 Å². The lowest BCUT2D eigenvalue weighted by Crippen LogP contribution is -2.44. The summed E-state index contributed by atoms with van der Waals surface area (Å²) in [4.78, 5) is 32.7. The average Bonchev–Trinajstić information content (AvgIpc) is 2.68. The van der Waals surface area contributed by atoms with Gasteiger partial charge in [-0.15, -0.1) is 0 Å². The SMILES string of the molecule is Cc1cc(N=Cc2nc(C(C)C)c(=O)[nH]c2/N=C/N)ccc1N1CCN(C)CC1. The second-order valence-electron chi connectivity index (χ2n) is 7.64. The maximum atomic E-state index is 12.2. The fourth-order valence-electron chi connectivity index (χ4n) is 3.38. The summed E-state index contributed by atoms with van der Waals surface area (Å²) in [5.41, 5.74) is 9.33. The van der Waals surface area contributed by atoms with Gasteiger partial charge in [0.2, 0.25) is 0 Å². The van der Waals surface area contributed by atoms with E-state index >= 15 is 0 Å². The van der Waals surface area contributed by atoms with E-state index in [9.17, 15) is 4.79 Å². The zero-order chi connectivity index (χ0) is 21.0. The maximum Gasteiger partial charge on any atom is 0.271 e. The molecule has 0 saturated carbocycles. The molecule has 0 atom stereocenters. The van der Waals surface area contributed by atoms with E-state index in [1.165, 1.54) is 11.3 Å². The first-order valence-corrected chi connectivity index (χ1v) is 9.85. The quantitative estimate of drug-likeness (QED) is 0.597. The molecule has 154 valence electrons. The van der Waals surface area contributed by atoms with E-state index < -0.39 is 0 Å². The minimum atomic E-state index is -0.259. The average molecular weight is 396 g/mol. The van der Waals surface area contributed by atoms with Gasteiger partial charge in [-0.3, -0.25) is 9.79 Å². The highest BCUT2D eigenvalue weighted by atomic mass is 16.1. The van der Waals surface area contributed by atoms with Gasteiger partial charge in [-0.25, -0.2) is 9.98 Å². The summed E-state index contributed by atoms with van der Waals surface area (Å²) in [5, 5.41) is 0. The van der Waals surface area contributed by atoms with Crippen molar-refractivity contribution in [1.82, 2.24) is 14.9 Å². The van der Waals surface area contributed by atoms with E-state index in [-0.39, 0.29) is 11.5 Å². The van der Waals surface area contributed by atoms with Crippen LogP contribution in [0.15, 0.2) is 33.0 Å². The lowest BCUT2D eigenvalue weighted by atomic mass is 10.1. The number of nitrogens with one attached hydrogen (secondary N) is 1. The van der Waals surface area contributed by atoms with Gasteiger partial charge >= 0.3 is 0 Å². The number of aromatic nitrogens is 2. The summed E-state index contributed by atoms with van der Waals surface area (Å²) >= 11 is 0. The second kappa shape index (κ2) is 9.00. The van der Waals surface area contributed by atoms with Crippen LogP contribution in [0.2, 0.25) is 0 Å². The molecular formula is C21H29N7O. The predicted octanol–water partition coefficient (Wildman–Crippen LogP) is 2.32. The molecule has 0 radical (unpaired) electrons. The molecule has 1 aromatic heterocycles. The number of hydrogen-bond donors (Lipinski definition) is 2. The third-order valence-electron chi connectivity index (χ3n) is 5.06. The normalized spacial score (nSPS) is 15.8. The van der Waals surface area contributed by atoms with Crippen LogP contribution in [0.1, 0.15) is 36.7 Å². The Bertz CT molecular complexity index is 969. The summed E-state index contributed by atoms with van der Waals surface area (Å²) in [7, 11) is 2.15. The Morgan fingerprint density at radius 3 is 2.55 bits per heavy atom. The number of aromatic amines is 1. The molecule has 1 aliphatic rings. The molecule has 8 nitrogen and oxygen atoms in total. The van der Waals surface area contributed by atoms with Crippen molar-refractivity contribution < 1.29 is 0 Å². The Labute approximate surface area is 171 Å². The number of anilines is 1. The highest BCUT2D eigenvalue weighted by Crippen LogP contribution is 2.26. The number of aliphatic imine (C=N–C) groups is 2. The number of piperazine rings is 1. The van der Waals surface area contributed by atoms with Crippen molar-refractivity contribution in [3.05, 3.63) is 45.5 Å². The topological polar surface area (TPSA) is 103 Å². The van der Waals surface area contributed by atoms with Gasteiger partial charge in [0.05, 0.1) is 18.2 Å². The third-order valence-corrected chi connectivity index (χ3v) is 5.06. The molecule has 2 heterocycles. The number of rotatable bonds is 5. The Morgan fingerprint density at radius 2 is 1.93 bits per heavy atom. The first kappa shape index (κ1) is 20.7. The molecule has 2 aromatic rings. The molecule has 3 rings (SSSR count). The van der Waals surface area contributed by atoms with E-state index in [1.54, 1.807) is 6.21 Å². The molecule has 0 unspecified atom stereocenters. The molecular weight excluding hydrogens is 366 g/mol. The molecule has 1 fully saturated rings. The van der Waals surface area contributed by atoms with Crippen LogP contribution in [-0.4, -0.2) is 60.6 Å². The van der Waals surface area contributed by atoms with Crippen molar-refractivity contribution in [2.75, 3.05) is 38.1 Å². The van der Waals surface area contributed by atoms with Crippen LogP contribution < -0.4 is 16.2 Å². The highest BCUT2D eigenvalue weighted by molar-refractivity contribution is 5.85. The maximum absolute atomic E-state index is 12.2. The molecule has 0 aliphatic carbocycles. The summed E-state index contributed by atoms with van der Waals surface area (Å²) in [6.45, 7) is 10.1. The number of likely N-dealkylation sites (N-methyl/N-ethyl adjacent to an activating group) is 1. The molecule has 0 bridgehead atoms. The van der Waals surface area contributed by atoms with Gasteiger partial charge in [0.1, 0.15) is 11.4 Å². The molecule has 1 aliphatic heterocycles. The Balaban J connectivity index is 1.87. The number of nitrogens with two attached hydrogens (primary N) is 1. The summed E-state index contributed by atoms with van der Waals surface area (Å²) in [6, 6.07) is 6.18.